The minimum absolute atomic E-state index is 0.192. The lowest BCUT2D eigenvalue weighted by Crippen LogP contribution is -1.54. The Labute approximate surface area is 49.0 Å². The molecule has 0 unspecified atom stereocenters. The van der Waals surface area contributed by atoms with Crippen molar-refractivity contribution in [2.45, 2.75) is 6.92 Å². The molecule has 0 bridgehead atoms. The molecule has 0 rings (SSSR count). The molecule has 0 aromatic rings. The van der Waals surface area contributed by atoms with Gasteiger partial charge in [0.25, 0.3) is 0 Å². The van der Waals surface area contributed by atoms with Crippen LogP contribution in [0.2, 0.25) is 0 Å². The number of hydrogen-bond donors (Lipinski definition) is 0. The van der Waals surface area contributed by atoms with E-state index in [1.165, 1.54) is 13.0 Å². The topological polar surface area (TPSA) is 0 Å². The van der Waals surface area contributed by atoms with Crippen molar-refractivity contribution in [1.29, 1.82) is 0 Å². The Balaban J connectivity index is 3.57. The van der Waals surface area contributed by atoms with Gasteiger partial charge in [0.05, 0.1) is 5.83 Å². The van der Waals surface area contributed by atoms with E-state index in [-0.39, 0.29) is 5.83 Å². The highest BCUT2D eigenvalue weighted by molar-refractivity contribution is 5.10. The van der Waals surface area contributed by atoms with Crippen LogP contribution in [-0.2, 0) is 0 Å². The van der Waals surface area contributed by atoms with Crippen molar-refractivity contribution in [3.8, 4) is 0 Å². The molecule has 0 spiro atoms. The Bertz CT molecular complexity index is 116. The molecule has 0 saturated carbocycles. The molecule has 0 aliphatic carbocycles. The van der Waals surface area contributed by atoms with Crippen LogP contribution in [0.1, 0.15) is 6.92 Å². The number of halogens is 1. The molecule has 0 radical (unpaired) electrons. The molecule has 0 aromatic heterocycles. The smallest absolute Gasteiger partial charge is 0.0968 e. The Hall–Kier alpha value is -0.850. The van der Waals surface area contributed by atoms with Crippen molar-refractivity contribution >= 4 is 0 Å². The lowest BCUT2D eigenvalue weighted by atomic mass is 10.4. The minimum Gasteiger partial charge on any atom is -0.212 e. The number of allylic oxidation sites excluding steroid dienone is 5. The average Bonchev–Trinajstić information content (AvgIpc) is 1.66. The summed E-state index contributed by atoms with van der Waals surface area (Å²) in [6.45, 7) is 4.82. The van der Waals surface area contributed by atoms with Crippen molar-refractivity contribution in [3.05, 3.63) is 36.7 Å². The average molecular weight is 112 g/mol. The Morgan fingerprint density at radius 2 is 2.12 bits per heavy atom. The van der Waals surface area contributed by atoms with Gasteiger partial charge in [0.1, 0.15) is 0 Å². The summed E-state index contributed by atoms with van der Waals surface area (Å²) in [5, 5.41) is 0. The highest BCUT2D eigenvalue weighted by atomic mass is 19.1. The molecule has 1 heteroatoms. The van der Waals surface area contributed by atoms with Crippen LogP contribution in [0.3, 0.4) is 0 Å². The zero-order chi connectivity index (χ0) is 6.41. The fourth-order valence-electron chi connectivity index (χ4n) is 0.267. The summed E-state index contributed by atoms with van der Waals surface area (Å²) in [4.78, 5) is 0. The highest BCUT2D eigenvalue weighted by Gasteiger charge is 1.71. The van der Waals surface area contributed by atoms with Gasteiger partial charge in [-0.1, -0.05) is 24.8 Å². The monoisotopic (exact) mass is 112 g/mol. The first kappa shape index (κ1) is 7.15. The van der Waals surface area contributed by atoms with Gasteiger partial charge >= 0.3 is 0 Å². The Kier molecular flexibility index (Phi) is 3.85. The number of hydrogen-bond acceptors (Lipinski definition) is 0. The third kappa shape index (κ3) is 5.15. The van der Waals surface area contributed by atoms with Gasteiger partial charge in [-0.2, -0.15) is 0 Å². The largest absolute Gasteiger partial charge is 0.212 e. The van der Waals surface area contributed by atoms with Crippen molar-refractivity contribution in [2.24, 2.45) is 0 Å². The quantitative estimate of drug-likeness (QED) is 0.481. The summed E-state index contributed by atoms with van der Waals surface area (Å²) in [7, 11) is 0. The molecule has 0 saturated heterocycles. The summed E-state index contributed by atoms with van der Waals surface area (Å²) in [6, 6.07) is 0. The zero-order valence-electron chi connectivity index (χ0n) is 4.89. The van der Waals surface area contributed by atoms with E-state index < -0.39 is 0 Å². The van der Waals surface area contributed by atoms with Gasteiger partial charge in [0, 0.05) is 0 Å². The van der Waals surface area contributed by atoms with E-state index in [1.807, 2.05) is 0 Å². The summed E-state index contributed by atoms with van der Waals surface area (Å²) >= 11 is 0. The van der Waals surface area contributed by atoms with Crippen LogP contribution in [-0.4, -0.2) is 0 Å². The Morgan fingerprint density at radius 1 is 1.50 bits per heavy atom. The molecule has 0 nitrogen and oxygen atoms in total. The minimum atomic E-state index is -0.192. The summed E-state index contributed by atoms with van der Waals surface area (Å²) in [5.41, 5.74) is 0. The molecular weight excluding hydrogens is 103 g/mol. The molecular formula is C7H9F. The van der Waals surface area contributed by atoms with Crippen LogP contribution in [0.4, 0.5) is 4.39 Å². The van der Waals surface area contributed by atoms with E-state index in [0.29, 0.717) is 0 Å². The first-order valence-corrected chi connectivity index (χ1v) is 2.39. The normalized spacial score (nSPS) is 12.5. The molecule has 8 heavy (non-hydrogen) atoms. The zero-order valence-corrected chi connectivity index (χ0v) is 4.89. The lowest BCUT2D eigenvalue weighted by molar-refractivity contribution is 0.640. The van der Waals surface area contributed by atoms with Gasteiger partial charge in [-0.3, -0.25) is 0 Å². The van der Waals surface area contributed by atoms with Crippen molar-refractivity contribution < 1.29 is 4.39 Å². The Morgan fingerprint density at radius 3 is 2.50 bits per heavy atom. The molecule has 44 valence electrons. The van der Waals surface area contributed by atoms with E-state index in [2.05, 4.69) is 6.58 Å². The molecule has 0 fully saturated rings. The van der Waals surface area contributed by atoms with Gasteiger partial charge in [0.2, 0.25) is 0 Å². The van der Waals surface area contributed by atoms with Crippen LogP contribution in [0.15, 0.2) is 36.7 Å². The van der Waals surface area contributed by atoms with Gasteiger partial charge in [0.15, 0.2) is 0 Å². The molecule has 0 aliphatic rings. The van der Waals surface area contributed by atoms with Crippen molar-refractivity contribution in [3.63, 3.8) is 0 Å². The van der Waals surface area contributed by atoms with Crippen LogP contribution < -0.4 is 0 Å². The van der Waals surface area contributed by atoms with E-state index in [9.17, 15) is 4.39 Å². The maximum Gasteiger partial charge on any atom is 0.0968 e. The second-order valence-corrected chi connectivity index (χ2v) is 1.37. The van der Waals surface area contributed by atoms with Gasteiger partial charge in [-0.25, -0.2) is 4.39 Å². The second kappa shape index (κ2) is 4.31. The second-order valence-electron chi connectivity index (χ2n) is 1.37. The fraction of sp³-hybridized carbons (Fsp3) is 0.143. The van der Waals surface area contributed by atoms with E-state index in [0.717, 1.165) is 0 Å². The van der Waals surface area contributed by atoms with Crippen molar-refractivity contribution in [2.75, 3.05) is 0 Å². The number of rotatable bonds is 2. The van der Waals surface area contributed by atoms with Crippen LogP contribution >= 0.6 is 0 Å². The SMILES string of the molecule is C=C/C=C\C=C(/C)F. The van der Waals surface area contributed by atoms with Gasteiger partial charge < -0.3 is 0 Å². The molecule has 0 N–H and O–H groups in total. The summed E-state index contributed by atoms with van der Waals surface area (Å²) in [6.07, 6.45) is 6.24. The molecule has 0 heterocycles. The summed E-state index contributed by atoms with van der Waals surface area (Å²) in [5.74, 6) is -0.192. The van der Waals surface area contributed by atoms with Crippen LogP contribution in [0.25, 0.3) is 0 Å². The predicted octanol–water partition coefficient (Wildman–Crippen LogP) is 2.60. The standard InChI is InChI=1S/C7H9F/c1-3-4-5-6-7(2)8/h3-6H,1H2,2H3/b5-4-,7-6+. The third-order valence-electron chi connectivity index (χ3n) is 0.573. The highest BCUT2D eigenvalue weighted by Crippen LogP contribution is 1.91. The summed E-state index contributed by atoms with van der Waals surface area (Å²) < 4.78 is 11.8. The fourth-order valence-corrected chi connectivity index (χ4v) is 0.267. The van der Waals surface area contributed by atoms with Crippen LogP contribution in [0, 0.1) is 0 Å². The predicted molar refractivity (Wildman–Crippen MR) is 34.2 cm³/mol. The maximum atomic E-state index is 11.8. The first-order chi connectivity index (χ1) is 3.77. The third-order valence-corrected chi connectivity index (χ3v) is 0.573. The molecule has 0 aromatic carbocycles. The lowest BCUT2D eigenvalue weighted by Gasteiger charge is -1.74. The molecule has 0 atom stereocenters. The van der Waals surface area contributed by atoms with E-state index in [1.54, 1.807) is 18.2 Å². The van der Waals surface area contributed by atoms with E-state index in [4.69, 9.17) is 0 Å². The maximum absolute atomic E-state index is 11.8. The van der Waals surface area contributed by atoms with Gasteiger partial charge in [-0.05, 0) is 13.0 Å². The van der Waals surface area contributed by atoms with E-state index >= 15 is 0 Å². The molecule has 0 amide bonds. The van der Waals surface area contributed by atoms with Crippen LogP contribution in [0.5, 0.6) is 0 Å². The van der Waals surface area contributed by atoms with Gasteiger partial charge in [-0.15, -0.1) is 0 Å². The van der Waals surface area contributed by atoms with Crippen molar-refractivity contribution in [1.82, 2.24) is 0 Å². The first-order valence-electron chi connectivity index (χ1n) is 2.39. The molecule has 0 aliphatic heterocycles.